The number of nitrogens with zero attached hydrogens (tertiary/aromatic N) is 2. The predicted molar refractivity (Wildman–Crippen MR) is 80.4 cm³/mol. The van der Waals surface area contributed by atoms with Gasteiger partial charge in [0.2, 0.25) is 0 Å². The first kappa shape index (κ1) is 14.5. The summed E-state index contributed by atoms with van der Waals surface area (Å²) in [7, 11) is 1.80. The quantitative estimate of drug-likeness (QED) is 0.897. The molecule has 2 aromatic rings. The smallest absolute Gasteiger partial charge is 0.139 e. The third-order valence-corrected chi connectivity index (χ3v) is 3.09. The van der Waals surface area contributed by atoms with Crippen molar-refractivity contribution in [2.75, 3.05) is 17.7 Å². The Labute approximate surface area is 122 Å². The summed E-state index contributed by atoms with van der Waals surface area (Å²) in [6.45, 7) is 3.88. The van der Waals surface area contributed by atoms with Crippen LogP contribution in [-0.2, 0) is 6.42 Å². The van der Waals surface area contributed by atoms with Gasteiger partial charge in [0.1, 0.15) is 23.3 Å². The normalized spacial score (nSPS) is 10.4. The zero-order chi connectivity index (χ0) is 14.7. The van der Waals surface area contributed by atoms with Crippen LogP contribution in [0.2, 0.25) is 5.02 Å². The zero-order valence-corrected chi connectivity index (χ0v) is 12.3. The molecule has 4 nitrogen and oxygen atoms in total. The Bertz CT molecular complexity index is 611. The van der Waals surface area contributed by atoms with E-state index in [2.05, 4.69) is 20.6 Å². The summed E-state index contributed by atoms with van der Waals surface area (Å²) in [4.78, 5) is 8.81. The molecule has 6 heteroatoms. The van der Waals surface area contributed by atoms with Crippen molar-refractivity contribution in [2.24, 2.45) is 0 Å². The maximum absolute atomic E-state index is 13.4. The molecule has 0 fully saturated rings. The van der Waals surface area contributed by atoms with Crippen LogP contribution in [0, 0.1) is 12.7 Å². The average molecular weight is 295 g/mol. The van der Waals surface area contributed by atoms with Gasteiger partial charge >= 0.3 is 0 Å². The molecule has 0 unspecified atom stereocenters. The van der Waals surface area contributed by atoms with Crippen molar-refractivity contribution < 1.29 is 4.39 Å². The van der Waals surface area contributed by atoms with E-state index in [1.54, 1.807) is 13.1 Å². The first-order chi connectivity index (χ1) is 9.53. The van der Waals surface area contributed by atoms with Gasteiger partial charge in [0.05, 0.1) is 0 Å². The molecular formula is C14H16ClFN4. The van der Waals surface area contributed by atoms with Gasteiger partial charge < -0.3 is 10.6 Å². The lowest BCUT2D eigenvalue weighted by Gasteiger charge is -2.13. The van der Waals surface area contributed by atoms with Crippen molar-refractivity contribution >= 4 is 28.9 Å². The molecule has 0 saturated carbocycles. The summed E-state index contributed by atoms with van der Waals surface area (Å²) < 4.78 is 13.4. The molecule has 0 radical (unpaired) electrons. The van der Waals surface area contributed by atoms with E-state index in [9.17, 15) is 4.39 Å². The highest BCUT2D eigenvalue weighted by atomic mass is 35.5. The summed E-state index contributed by atoms with van der Waals surface area (Å²) in [5.41, 5.74) is 1.42. The molecule has 1 heterocycles. The minimum atomic E-state index is -0.392. The number of rotatable bonds is 4. The fraction of sp³-hybridized carbons (Fsp3) is 0.286. The zero-order valence-electron chi connectivity index (χ0n) is 11.6. The molecule has 0 atom stereocenters. The van der Waals surface area contributed by atoms with E-state index in [0.29, 0.717) is 28.8 Å². The number of benzene rings is 1. The lowest BCUT2D eigenvalue weighted by Crippen LogP contribution is -2.06. The van der Waals surface area contributed by atoms with Crippen molar-refractivity contribution in [1.82, 2.24) is 9.97 Å². The van der Waals surface area contributed by atoms with Crippen LogP contribution in [-0.4, -0.2) is 17.0 Å². The van der Waals surface area contributed by atoms with E-state index in [4.69, 9.17) is 11.6 Å². The molecule has 1 aromatic heterocycles. The second-order valence-corrected chi connectivity index (χ2v) is 4.79. The standard InChI is InChI=1S/C14H16ClFN4/c1-4-12-19-13(17-3)8(2)14(20-12)18-11-6-9(15)5-10(16)7-11/h5-7H,4H2,1-3H3,(H2,17,18,19,20). The summed E-state index contributed by atoms with van der Waals surface area (Å²) >= 11 is 5.85. The Morgan fingerprint density at radius 2 is 1.90 bits per heavy atom. The van der Waals surface area contributed by atoms with E-state index >= 15 is 0 Å². The van der Waals surface area contributed by atoms with Crippen LogP contribution in [0.25, 0.3) is 0 Å². The highest BCUT2D eigenvalue weighted by Crippen LogP contribution is 2.25. The number of nitrogens with one attached hydrogen (secondary N) is 2. The monoisotopic (exact) mass is 294 g/mol. The van der Waals surface area contributed by atoms with Crippen molar-refractivity contribution in [3.8, 4) is 0 Å². The molecule has 20 heavy (non-hydrogen) atoms. The number of aromatic nitrogens is 2. The predicted octanol–water partition coefficient (Wildman–Crippen LogP) is 3.93. The van der Waals surface area contributed by atoms with Gasteiger partial charge in [0, 0.05) is 29.7 Å². The van der Waals surface area contributed by atoms with Crippen LogP contribution in [0.5, 0.6) is 0 Å². The number of anilines is 3. The molecule has 0 aliphatic rings. The minimum Gasteiger partial charge on any atom is -0.373 e. The van der Waals surface area contributed by atoms with Gasteiger partial charge in [0.15, 0.2) is 0 Å². The second kappa shape index (κ2) is 6.05. The highest BCUT2D eigenvalue weighted by Gasteiger charge is 2.10. The summed E-state index contributed by atoms with van der Waals surface area (Å²) in [5, 5.41) is 6.45. The fourth-order valence-electron chi connectivity index (χ4n) is 1.85. The number of hydrogen-bond acceptors (Lipinski definition) is 4. The van der Waals surface area contributed by atoms with Crippen LogP contribution in [0.3, 0.4) is 0 Å². The van der Waals surface area contributed by atoms with Crippen LogP contribution < -0.4 is 10.6 Å². The third kappa shape index (κ3) is 3.17. The van der Waals surface area contributed by atoms with E-state index in [1.807, 2.05) is 13.8 Å². The molecule has 106 valence electrons. The topological polar surface area (TPSA) is 49.8 Å². The molecule has 0 saturated heterocycles. The Morgan fingerprint density at radius 1 is 1.20 bits per heavy atom. The van der Waals surface area contributed by atoms with Crippen molar-refractivity contribution in [3.63, 3.8) is 0 Å². The minimum absolute atomic E-state index is 0.337. The highest BCUT2D eigenvalue weighted by molar-refractivity contribution is 6.30. The van der Waals surface area contributed by atoms with E-state index in [-0.39, 0.29) is 0 Å². The molecule has 1 aromatic carbocycles. The fourth-order valence-corrected chi connectivity index (χ4v) is 2.07. The van der Waals surface area contributed by atoms with Gasteiger partial charge in [-0.2, -0.15) is 0 Å². The van der Waals surface area contributed by atoms with Crippen LogP contribution >= 0.6 is 11.6 Å². The molecule has 0 bridgehead atoms. The van der Waals surface area contributed by atoms with E-state index < -0.39 is 5.82 Å². The Balaban J connectivity index is 2.41. The molecule has 2 rings (SSSR count). The maximum atomic E-state index is 13.4. The average Bonchev–Trinajstić information content (AvgIpc) is 2.40. The molecular weight excluding hydrogens is 279 g/mol. The SMILES string of the molecule is CCc1nc(NC)c(C)c(Nc2cc(F)cc(Cl)c2)n1. The van der Waals surface area contributed by atoms with Crippen molar-refractivity contribution in [1.29, 1.82) is 0 Å². The third-order valence-electron chi connectivity index (χ3n) is 2.87. The molecule has 0 aliphatic carbocycles. The molecule has 0 aliphatic heterocycles. The largest absolute Gasteiger partial charge is 0.373 e. The lowest BCUT2D eigenvalue weighted by molar-refractivity contribution is 0.628. The summed E-state index contributed by atoms with van der Waals surface area (Å²) in [5.74, 6) is 1.71. The van der Waals surface area contributed by atoms with Gasteiger partial charge in [-0.15, -0.1) is 0 Å². The number of hydrogen-bond donors (Lipinski definition) is 2. The molecule has 0 amide bonds. The van der Waals surface area contributed by atoms with Crippen LogP contribution in [0.1, 0.15) is 18.3 Å². The molecule has 2 N–H and O–H groups in total. The molecule has 0 spiro atoms. The van der Waals surface area contributed by atoms with Crippen molar-refractivity contribution in [3.05, 3.63) is 40.4 Å². The maximum Gasteiger partial charge on any atom is 0.139 e. The van der Waals surface area contributed by atoms with E-state index in [1.165, 1.54) is 12.1 Å². The Hall–Kier alpha value is -1.88. The van der Waals surface area contributed by atoms with Crippen LogP contribution in [0.15, 0.2) is 18.2 Å². The van der Waals surface area contributed by atoms with Gasteiger partial charge in [-0.25, -0.2) is 14.4 Å². The van der Waals surface area contributed by atoms with Gasteiger partial charge in [-0.05, 0) is 25.1 Å². The van der Waals surface area contributed by atoms with E-state index in [0.717, 1.165) is 11.4 Å². The summed E-state index contributed by atoms with van der Waals surface area (Å²) in [6, 6.07) is 4.28. The number of aryl methyl sites for hydroxylation is 1. The second-order valence-electron chi connectivity index (χ2n) is 4.35. The van der Waals surface area contributed by atoms with Gasteiger partial charge in [0.25, 0.3) is 0 Å². The van der Waals surface area contributed by atoms with Gasteiger partial charge in [-0.1, -0.05) is 18.5 Å². The van der Waals surface area contributed by atoms with Crippen molar-refractivity contribution in [2.45, 2.75) is 20.3 Å². The summed E-state index contributed by atoms with van der Waals surface area (Å²) in [6.07, 6.45) is 0.716. The first-order valence-corrected chi connectivity index (χ1v) is 6.69. The Morgan fingerprint density at radius 3 is 2.50 bits per heavy atom. The lowest BCUT2D eigenvalue weighted by atomic mass is 10.2. The Kier molecular flexibility index (Phi) is 4.39. The van der Waals surface area contributed by atoms with Gasteiger partial charge in [-0.3, -0.25) is 0 Å². The first-order valence-electron chi connectivity index (χ1n) is 6.32. The van der Waals surface area contributed by atoms with Crippen LogP contribution in [0.4, 0.5) is 21.7 Å². The number of halogens is 2.